The molecule has 0 aromatic heterocycles. The predicted octanol–water partition coefficient (Wildman–Crippen LogP) is 5.90. The van der Waals surface area contributed by atoms with Crippen molar-refractivity contribution in [3.63, 3.8) is 0 Å². The number of esters is 1. The van der Waals surface area contributed by atoms with E-state index >= 15 is 0 Å². The van der Waals surface area contributed by atoms with E-state index in [-0.39, 0.29) is 18.2 Å². The van der Waals surface area contributed by atoms with E-state index in [0.717, 1.165) is 35.0 Å². The molecular weight excluding hydrogens is 489 g/mol. The molecule has 3 aromatic rings. The van der Waals surface area contributed by atoms with Crippen LogP contribution in [0.25, 0.3) is 5.70 Å². The van der Waals surface area contributed by atoms with Crippen LogP contribution in [0, 0.1) is 5.82 Å². The zero-order valence-electron chi connectivity index (χ0n) is 20.3. The molecule has 1 fully saturated rings. The van der Waals surface area contributed by atoms with E-state index in [1.807, 2.05) is 42.5 Å². The van der Waals surface area contributed by atoms with E-state index in [4.69, 9.17) is 9.73 Å². The summed E-state index contributed by atoms with van der Waals surface area (Å²) in [5.74, 6) is -0.299. The molecule has 0 saturated carbocycles. The third kappa shape index (κ3) is 5.29. The van der Waals surface area contributed by atoms with E-state index < -0.39 is 17.7 Å². The van der Waals surface area contributed by atoms with Crippen LogP contribution in [0.4, 0.5) is 10.1 Å². The van der Waals surface area contributed by atoms with Crippen LogP contribution in [0.2, 0.25) is 0 Å². The average molecular weight is 516 g/mol. The number of thioether (sulfide) groups is 1. The summed E-state index contributed by atoms with van der Waals surface area (Å²) < 4.78 is 19.0. The van der Waals surface area contributed by atoms with Gasteiger partial charge in [0.25, 0.3) is 5.91 Å². The first kappa shape index (κ1) is 24.8. The number of carbonyl (C=O) groups excluding carboxylic acids is 2. The summed E-state index contributed by atoms with van der Waals surface area (Å²) in [7, 11) is 0. The van der Waals surface area contributed by atoms with E-state index in [1.165, 1.54) is 18.2 Å². The van der Waals surface area contributed by atoms with Crippen LogP contribution >= 0.6 is 11.8 Å². The zero-order valence-corrected chi connectivity index (χ0v) is 21.1. The van der Waals surface area contributed by atoms with E-state index in [9.17, 15) is 14.0 Å². The van der Waals surface area contributed by atoms with Gasteiger partial charge in [-0.15, -0.1) is 0 Å². The third-order valence-electron chi connectivity index (χ3n) is 6.18. The Hall–Kier alpha value is -3.91. The second kappa shape index (κ2) is 11.0. The van der Waals surface area contributed by atoms with Crippen molar-refractivity contribution in [1.29, 1.82) is 0 Å². The highest BCUT2D eigenvalue weighted by Gasteiger charge is 2.39. The molecule has 8 heteroatoms. The number of aliphatic imine (C=N–C) groups is 1. The Morgan fingerprint density at radius 1 is 1.08 bits per heavy atom. The van der Waals surface area contributed by atoms with Crippen LogP contribution in [-0.4, -0.2) is 40.8 Å². The van der Waals surface area contributed by atoms with Gasteiger partial charge >= 0.3 is 5.97 Å². The minimum Gasteiger partial charge on any atom is -0.463 e. The van der Waals surface area contributed by atoms with Gasteiger partial charge in [0.2, 0.25) is 0 Å². The van der Waals surface area contributed by atoms with Crippen LogP contribution in [0.1, 0.15) is 40.9 Å². The molecule has 0 unspecified atom stereocenters. The standard InChI is InChI=1S/C29H26FN3O3S/c1-2-36-28(35)24-25(19-8-4-3-5-9-19)32-29-33(16-7-17-37-29)26(24)20-12-14-23(15-13-20)31-27(34)21-10-6-11-22(30)18-21/h3-6,8-15,18,26H,2,7,16-17H2,1H3,(H,31,34)/t26-/m0/s1. The molecule has 1 atom stereocenters. The summed E-state index contributed by atoms with van der Waals surface area (Å²) in [6, 6.07) is 22.2. The van der Waals surface area contributed by atoms with Gasteiger partial charge in [-0.25, -0.2) is 14.2 Å². The number of hydrogen-bond acceptors (Lipinski definition) is 6. The number of rotatable bonds is 6. The van der Waals surface area contributed by atoms with Crippen LogP contribution in [0.3, 0.4) is 0 Å². The van der Waals surface area contributed by atoms with Gasteiger partial charge in [0, 0.05) is 29.1 Å². The molecule has 1 saturated heterocycles. The first-order chi connectivity index (χ1) is 18.0. The molecule has 0 aliphatic carbocycles. The second-order valence-electron chi connectivity index (χ2n) is 8.63. The highest BCUT2D eigenvalue weighted by Crippen LogP contribution is 2.43. The van der Waals surface area contributed by atoms with Crippen molar-refractivity contribution in [2.24, 2.45) is 4.99 Å². The lowest BCUT2D eigenvalue weighted by Crippen LogP contribution is -2.42. The summed E-state index contributed by atoms with van der Waals surface area (Å²) in [5.41, 5.74) is 3.66. The van der Waals surface area contributed by atoms with Crippen molar-refractivity contribution in [3.05, 3.63) is 107 Å². The number of carbonyl (C=O) groups is 2. The average Bonchev–Trinajstić information content (AvgIpc) is 2.93. The smallest absolute Gasteiger partial charge is 0.338 e. The summed E-state index contributed by atoms with van der Waals surface area (Å²) in [5, 5.41) is 3.69. The molecule has 2 aliphatic heterocycles. The Bertz CT molecular complexity index is 1370. The Balaban J connectivity index is 1.53. The van der Waals surface area contributed by atoms with E-state index in [2.05, 4.69) is 10.2 Å². The fraction of sp³-hybridized carbons (Fsp3) is 0.207. The number of amidine groups is 1. The number of benzene rings is 3. The maximum atomic E-state index is 13.5. The number of nitrogens with zero attached hydrogens (tertiary/aromatic N) is 2. The highest BCUT2D eigenvalue weighted by atomic mass is 32.2. The number of hydrogen-bond donors (Lipinski definition) is 1. The molecule has 1 amide bonds. The molecule has 1 N–H and O–H groups in total. The molecule has 5 rings (SSSR count). The van der Waals surface area contributed by atoms with Crippen LogP contribution < -0.4 is 5.32 Å². The molecule has 0 bridgehead atoms. The second-order valence-corrected chi connectivity index (χ2v) is 9.69. The lowest BCUT2D eigenvalue weighted by atomic mass is 9.91. The minimum atomic E-state index is -0.468. The molecule has 6 nitrogen and oxygen atoms in total. The maximum Gasteiger partial charge on any atom is 0.338 e. The van der Waals surface area contributed by atoms with Gasteiger partial charge in [-0.05, 0) is 49.2 Å². The largest absolute Gasteiger partial charge is 0.463 e. The molecule has 37 heavy (non-hydrogen) atoms. The number of fused-ring (bicyclic) bond motifs is 1. The first-order valence-electron chi connectivity index (χ1n) is 12.2. The van der Waals surface area contributed by atoms with Crippen molar-refractivity contribution in [2.45, 2.75) is 19.4 Å². The number of nitrogens with one attached hydrogen (secondary N) is 1. The lowest BCUT2D eigenvalue weighted by molar-refractivity contribution is -0.139. The van der Waals surface area contributed by atoms with Crippen LogP contribution in [0.15, 0.2) is 89.4 Å². The minimum absolute atomic E-state index is 0.239. The molecule has 0 spiro atoms. The topological polar surface area (TPSA) is 71.0 Å². The molecule has 188 valence electrons. The Morgan fingerprint density at radius 2 is 1.86 bits per heavy atom. The quantitative estimate of drug-likeness (QED) is 0.414. The Morgan fingerprint density at radius 3 is 2.59 bits per heavy atom. The van der Waals surface area contributed by atoms with Gasteiger partial charge in [-0.1, -0.05) is 60.3 Å². The van der Waals surface area contributed by atoms with Gasteiger partial charge in [-0.3, -0.25) is 4.79 Å². The normalized spacial score (nSPS) is 17.1. The number of ether oxygens (including phenoxy) is 1. The monoisotopic (exact) mass is 515 g/mol. The van der Waals surface area contributed by atoms with E-state index in [1.54, 1.807) is 36.9 Å². The molecular formula is C29H26FN3O3S. The fourth-order valence-corrected chi connectivity index (χ4v) is 5.49. The SMILES string of the molecule is CCOC(=O)C1=C(c2ccccc2)N=C2SCCCN2[C@H]1c1ccc(NC(=O)c2cccc(F)c2)cc1. The van der Waals surface area contributed by atoms with Gasteiger partial charge in [0.15, 0.2) is 5.17 Å². The van der Waals surface area contributed by atoms with Crippen LogP contribution in [-0.2, 0) is 9.53 Å². The van der Waals surface area contributed by atoms with Crippen LogP contribution in [0.5, 0.6) is 0 Å². The summed E-state index contributed by atoms with van der Waals surface area (Å²) in [6.07, 6.45) is 0.971. The summed E-state index contributed by atoms with van der Waals surface area (Å²) in [6.45, 7) is 2.81. The van der Waals surface area contributed by atoms with Crippen molar-refractivity contribution in [3.8, 4) is 0 Å². The summed E-state index contributed by atoms with van der Waals surface area (Å²) >= 11 is 1.68. The maximum absolute atomic E-state index is 13.5. The summed E-state index contributed by atoms with van der Waals surface area (Å²) in [4.78, 5) is 33.0. The molecule has 2 heterocycles. The lowest BCUT2D eigenvalue weighted by Gasteiger charge is -2.41. The zero-order chi connectivity index (χ0) is 25.8. The van der Waals surface area contributed by atoms with Gasteiger partial charge in [-0.2, -0.15) is 0 Å². The Kier molecular flexibility index (Phi) is 7.37. The fourth-order valence-electron chi connectivity index (χ4n) is 4.52. The molecule has 3 aromatic carbocycles. The predicted molar refractivity (Wildman–Crippen MR) is 145 cm³/mol. The van der Waals surface area contributed by atoms with Crippen molar-refractivity contribution >= 4 is 40.2 Å². The molecule has 0 radical (unpaired) electrons. The number of anilines is 1. The molecule has 2 aliphatic rings. The number of amides is 1. The third-order valence-corrected chi connectivity index (χ3v) is 7.26. The van der Waals surface area contributed by atoms with Crippen molar-refractivity contribution < 1.29 is 18.7 Å². The van der Waals surface area contributed by atoms with Crippen molar-refractivity contribution in [2.75, 3.05) is 24.2 Å². The van der Waals surface area contributed by atoms with Gasteiger partial charge in [0.1, 0.15) is 5.82 Å². The highest BCUT2D eigenvalue weighted by molar-refractivity contribution is 8.13. The van der Waals surface area contributed by atoms with Gasteiger partial charge in [0.05, 0.1) is 23.9 Å². The van der Waals surface area contributed by atoms with Crippen molar-refractivity contribution in [1.82, 2.24) is 4.90 Å². The van der Waals surface area contributed by atoms with Gasteiger partial charge < -0.3 is 15.0 Å². The van der Waals surface area contributed by atoms with E-state index in [0.29, 0.717) is 17.0 Å². The number of halogens is 1. The first-order valence-corrected chi connectivity index (χ1v) is 13.2. The Labute approximate surface area is 219 Å².